The number of unbranched alkanes of at least 4 members (excludes halogenated alkanes) is 1. The molecule has 0 atom stereocenters. The summed E-state index contributed by atoms with van der Waals surface area (Å²) in [5.41, 5.74) is 0. The van der Waals surface area contributed by atoms with Crippen LogP contribution in [0.25, 0.3) is 0 Å². The van der Waals surface area contributed by atoms with Crippen LogP contribution in [-0.2, 0) is 14.3 Å². The van der Waals surface area contributed by atoms with Crippen LogP contribution in [0.5, 0.6) is 0 Å². The summed E-state index contributed by atoms with van der Waals surface area (Å²) in [5, 5.41) is 2.74. The highest BCUT2D eigenvalue weighted by atomic mass is 16.6. The lowest BCUT2D eigenvalue weighted by Crippen LogP contribution is -2.25. The second kappa shape index (κ2) is 11.0. The van der Waals surface area contributed by atoms with Crippen LogP contribution < -0.4 is 5.32 Å². The van der Waals surface area contributed by atoms with E-state index in [0.29, 0.717) is 19.8 Å². The third kappa shape index (κ3) is 10.9. The SMILES string of the molecule is C#CCNCC(=O)OCCOCCCC. The molecule has 0 radical (unpaired) electrons. The van der Waals surface area contributed by atoms with Gasteiger partial charge in [-0.1, -0.05) is 19.3 Å². The summed E-state index contributed by atoms with van der Waals surface area (Å²) < 4.78 is 10.1. The molecule has 0 unspecified atom stereocenters. The molecule has 0 aliphatic heterocycles. The second-order valence-electron chi connectivity index (χ2n) is 2.99. The van der Waals surface area contributed by atoms with Crippen LogP contribution in [0, 0.1) is 12.3 Å². The van der Waals surface area contributed by atoms with Crippen molar-refractivity contribution in [1.29, 1.82) is 0 Å². The van der Waals surface area contributed by atoms with Crippen molar-refractivity contribution in [2.75, 3.05) is 32.9 Å². The van der Waals surface area contributed by atoms with Gasteiger partial charge in [0, 0.05) is 6.61 Å². The van der Waals surface area contributed by atoms with Gasteiger partial charge >= 0.3 is 5.97 Å². The van der Waals surface area contributed by atoms with Gasteiger partial charge in [0.05, 0.1) is 19.7 Å². The molecule has 0 heterocycles. The maximum Gasteiger partial charge on any atom is 0.320 e. The molecule has 0 rings (SSSR count). The Balaban J connectivity index is 3.14. The monoisotopic (exact) mass is 213 g/mol. The third-order valence-electron chi connectivity index (χ3n) is 1.63. The van der Waals surface area contributed by atoms with E-state index in [1.165, 1.54) is 0 Å². The first kappa shape index (κ1) is 13.9. The first-order chi connectivity index (χ1) is 7.31. The molecule has 4 nitrogen and oxygen atoms in total. The van der Waals surface area contributed by atoms with Crippen molar-refractivity contribution in [3.8, 4) is 12.3 Å². The Hall–Kier alpha value is -1.05. The predicted octanol–water partition coefficient (Wildman–Crippen LogP) is 0.569. The molecule has 0 aromatic rings. The average Bonchev–Trinajstić information content (AvgIpc) is 2.23. The van der Waals surface area contributed by atoms with Crippen molar-refractivity contribution in [2.24, 2.45) is 0 Å². The molecule has 4 heteroatoms. The van der Waals surface area contributed by atoms with Gasteiger partial charge in [-0.05, 0) is 6.42 Å². The molecular formula is C11H19NO3. The molecule has 0 saturated carbocycles. The van der Waals surface area contributed by atoms with Crippen molar-refractivity contribution in [3.63, 3.8) is 0 Å². The highest BCUT2D eigenvalue weighted by Gasteiger charge is 2.00. The zero-order chi connectivity index (χ0) is 11.4. The van der Waals surface area contributed by atoms with Crippen molar-refractivity contribution in [3.05, 3.63) is 0 Å². The van der Waals surface area contributed by atoms with Crippen LogP contribution in [0.15, 0.2) is 0 Å². The normalized spacial score (nSPS) is 9.60. The Bertz CT molecular complexity index is 198. The summed E-state index contributed by atoms with van der Waals surface area (Å²) in [6, 6.07) is 0. The zero-order valence-corrected chi connectivity index (χ0v) is 9.25. The lowest BCUT2D eigenvalue weighted by atomic mass is 10.4. The van der Waals surface area contributed by atoms with Gasteiger partial charge in [0.2, 0.25) is 0 Å². The van der Waals surface area contributed by atoms with E-state index in [9.17, 15) is 4.79 Å². The van der Waals surface area contributed by atoms with E-state index in [1.54, 1.807) is 0 Å². The van der Waals surface area contributed by atoms with Crippen molar-refractivity contribution < 1.29 is 14.3 Å². The van der Waals surface area contributed by atoms with Crippen LogP contribution in [0.2, 0.25) is 0 Å². The minimum atomic E-state index is -0.302. The fourth-order valence-electron chi connectivity index (χ4n) is 0.851. The Kier molecular flexibility index (Phi) is 10.3. The standard InChI is InChI=1S/C11H19NO3/c1-3-5-7-14-8-9-15-11(13)10-12-6-4-2/h2,12H,3,5-10H2,1H3. The quantitative estimate of drug-likeness (QED) is 0.345. The second-order valence-corrected chi connectivity index (χ2v) is 2.99. The van der Waals surface area contributed by atoms with Gasteiger partial charge in [0.15, 0.2) is 0 Å². The number of carbonyl (C=O) groups is 1. The Morgan fingerprint density at radius 1 is 1.40 bits per heavy atom. The molecule has 0 fully saturated rings. The maximum absolute atomic E-state index is 11.0. The van der Waals surface area contributed by atoms with E-state index in [0.717, 1.165) is 19.4 Å². The number of terminal acetylenes is 1. The third-order valence-corrected chi connectivity index (χ3v) is 1.63. The number of hydrogen-bond donors (Lipinski definition) is 1. The van der Waals surface area contributed by atoms with E-state index in [-0.39, 0.29) is 12.5 Å². The van der Waals surface area contributed by atoms with E-state index in [1.807, 2.05) is 0 Å². The fraction of sp³-hybridized carbons (Fsp3) is 0.727. The smallest absolute Gasteiger partial charge is 0.320 e. The summed E-state index contributed by atoms with van der Waals surface area (Å²) in [7, 11) is 0. The van der Waals surface area contributed by atoms with Crippen LogP contribution >= 0.6 is 0 Å². The molecule has 15 heavy (non-hydrogen) atoms. The molecule has 0 aliphatic rings. The highest BCUT2D eigenvalue weighted by Crippen LogP contribution is 1.87. The summed E-state index contributed by atoms with van der Waals surface area (Å²) >= 11 is 0. The number of hydrogen-bond acceptors (Lipinski definition) is 4. The van der Waals surface area contributed by atoms with Crippen molar-refractivity contribution in [2.45, 2.75) is 19.8 Å². The van der Waals surface area contributed by atoms with E-state index in [4.69, 9.17) is 15.9 Å². The predicted molar refractivity (Wildman–Crippen MR) is 58.4 cm³/mol. The molecule has 0 spiro atoms. The summed E-state index contributed by atoms with van der Waals surface area (Å²) in [6.45, 7) is 4.12. The molecule has 0 aliphatic carbocycles. The fourth-order valence-corrected chi connectivity index (χ4v) is 0.851. The first-order valence-corrected chi connectivity index (χ1v) is 5.18. The minimum absolute atomic E-state index is 0.152. The maximum atomic E-state index is 11.0. The van der Waals surface area contributed by atoms with Gasteiger partial charge in [-0.15, -0.1) is 6.42 Å². The molecule has 0 amide bonds. The van der Waals surface area contributed by atoms with Gasteiger partial charge in [-0.25, -0.2) is 0 Å². The number of nitrogens with one attached hydrogen (secondary N) is 1. The van der Waals surface area contributed by atoms with Gasteiger partial charge in [-0.2, -0.15) is 0 Å². The summed E-state index contributed by atoms with van der Waals surface area (Å²) in [4.78, 5) is 11.0. The molecule has 86 valence electrons. The lowest BCUT2D eigenvalue weighted by molar-refractivity contribution is -0.144. The van der Waals surface area contributed by atoms with E-state index >= 15 is 0 Å². The largest absolute Gasteiger partial charge is 0.462 e. The molecule has 0 aromatic heterocycles. The summed E-state index contributed by atoms with van der Waals surface area (Å²) in [6.07, 6.45) is 7.14. The van der Waals surface area contributed by atoms with Gasteiger partial charge < -0.3 is 9.47 Å². The number of esters is 1. The minimum Gasteiger partial charge on any atom is -0.462 e. The van der Waals surface area contributed by atoms with Crippen molar-refractivity contribution >= 4 is 5.97 Å². The average molecular weight is 213 g/mol. The van der Waals surface area contributed by atoms with Crippen LogP contribution in [0.4, 0.5) is 0 Å². The molecule has 0 bridgehead atoms. The number of ether oxygens (including phenoxy) is 2. The van der Waals surface area contributed by atoms with Gasteiger partial charge in [0.1, 0.15) is 6.61 Å². The van der Waals surface area contributed by atoms with E-state index in [2.05, 4.69) is 18.2 Å². The Morgan fingerprint density at radius 3 is 2.87 bits per heavy atom. The van der Waals surface area contributed by atoms with Crippen molar-refractivity contribution in [1.82, 2.24) is 5.32 Å². The molecule has 1 N–H and O–H groups in total. The topological polar surface area (TPSA) is 47.6 Å². The lowest BCUT2D eigenvalue weighted by Gasteiger charge is -2.05. The zero-order valence-electron chi connectivity index (χ0n) is 9.25. The molecular weight excluding hydrogens is 194 g/mol. The van der Waals surface area contributed by atoms with Gasteiger partial charge in [0.25, 0.3) is 0 Å². The Morgan fingerprint density at radius 2 is 2.20 bits per heavy atom. The number of rotatable bonds is 9. The van der Waals surface area contributed by atoms with Gasteiger partial charge in [-0.3, -0.25) is 10.1 Å². The number of carbonyl (C=O) groups excluding carboxylic acids is 1. The first-order valence-electron chi connectivity index (χ1n) is 5.18. The highest BCUT2D eigenvalue weighted by molar-refractivity contribution is 5.71. The molecule has 0 aromatic carbocycles. The van der Waals surface area contributed by atoms with Crippen LogP contribution in [0.1, 0.15) is 19.8 Å². The summed E-state index contributed by atoms with van der Waals surface area (Å²) in [5.74, 6) is 2.07. The van der Waals surface area contributed by atoms with Crippen LogP contribution in [0.3, 0.4) is 0 Å². The Labute approximate surface area is 91.3 Å². The van der Waals surface area contributed by atoms with E-state index < -0.39 is 0 Å². The van der Waals surface area contributed by atoms with Crippen LogP contribution in [-0.4, -0.2) is 38.9 Å². The molecule has 0 saturated heterocycles.